The largest absolute Gasteiger partial charge is 0.410 e. The Morgan fingerprint density at radius 2 is 1.68 bits per heavy atom. The zero-order valence-corrected chi connectivity index (χ0v) is 20.3. The quantitative estimate of drug-likeness (QED) is 0.357. The highest BCUT2D eigenvalue weighted by Gasteiger charge is 2.38. The number of ether oxygens (including phenoxy) is 1. The third-order valence-corrected chi connectivity index (χ3v) is 8.23. The van der Waals surface area contributed by atoms with Crippen molar-refractivity contribution >= 4 is 8.32 Å². The second-order valence-electron chi connectivity index (χ2n) is 10.5. The first-order valence-electron chi connectivity index (χ1n) is 11.2. The molecule has 0 bridgehead atoms. The average Bonchev–Trinajstić information content (AvgIpc) is 2.55. The molecule has 1 atom stereocenters. The molecule has 28 heavy (non-hydrogen) atoms. The lowest BCUT2D eigenvalue weighted by molar-refractivity contribution is -0.0249. The molecular weight excluding hydrogens is 362 g/mol. The predicted octanol–water partition coefficient (Wildman–Crippen LogP) is 6.47. The maximum atomic E-state index is 6.70. The van der Waals surface area contributed by atoms with E-state index in [9.17, 15) is 0 Å². The summed E-state index contributed by atoms with van der Waals surface area (Å²) in [5.41, 5.74) is 1.58. The van der Waals surface area contributed by atoms with Crippen molar-refractivity contribution in [1.29, 1.82) is 0 Å². The van der Waals surface area contributed by atoms with Crippen LogP contribution in [-0.2, 0) is 9.16 Å². The smallest absolute Gasteiger partial charge is 0.187 e. The molecule has 1 N–H and O–H groups in total. The van der Waals surface area contributed by atoms with Gasteiger partial charge in [0.15, 0.2) is 8.32 Å². The van der Waals surface area contributed by atoms with Gasteiger partial charge in [0.1, 0.15) is 0 Å². The van der Waals surface area contributed by atoms with Crippen LogP contribution in [0.3, 0.4) is 0 Å². The van der Waals surface area contributed by atoms with Gasteiger partial charge in [-0.2, -0.15) is 0 Å². The van der Waals surface area contributed by atoms with E-state index in [1.807, 2.05) is 0 Å². The van der Waals surface area contributed by atoms with Gasteiger partial charge in [-0.05, 0) is 78.1 Å². The monoisotopic (exact) mass is 405 g/mol. The Kier molecular flexibility index (Phi) is 8.33. The maximum Gasteiger partial charge on any atom is 0.187 e. The Morgan fingerprint density at radius 3 is 2.25 bits per heavy atom. The zero-order valence-electron chi connectivity index (χ0n) is 19.3. The molecule has 1 fully saturated rings. The SMILES string of the molecule is CCC[Si](C)(C)OC(CCCOC1CC(C)(C)NC(C)(C)C1)c1ccccc1. The molecular formula is C24H43NO2Si. The summed E-state index contributed by atoms with van der Waals surface area (Å²) in [4.78, 5) is 0. The Hall–Kier alpha value is -0.683. The van der Waals surface area contributed by atoms with E-state index in [0.717, 1.165) is 32.3 Å². The standard InChI is InChI=1S/C24H43NO2Si/c1-8-17-28(6,7)27-22(20-13-10-9-11-14-20)15-12-16-26-21-18-23(2,3)25-24(4,5)19-21/h9-11,13-14,21-22,25H,8,12,15-19H2,1-7H3. The average molecular weight is 406 g/mol. The first-order valence-corrected chi connectivity index (χ1v) is 14.3. The van der Waals surface area contributed by atoms with Crippen molar-refractivity contribution in [2.45, 2.75) is 109 Å². The van der Waals surface area contributed by atoms with Gasteiger partial charge in [0, 0.05) is 17.7 Å². The summed E-state index contributed by atoms with van der Waals surface area (Å²) in [5.74, 6) is 0. The highest BCUT2D eigenvalue weighted by molar-refractivity contribution is 6.71. The van der Waals surface area contributed by atoms with Crippen LogP contribution in [0.5, 0.6) is 0 Å². The van der Waals surface area contributed by atoms with E-state index in [4.69, 9.17) is 9.16 Å². The Morgan fingerprint density at radius 1 is 1.07 bits per heavy atom. The minimum absolute atomic E-state index is 0.137. The van der Waals surface area contributed by atoms with Crippen LogP contribution < -0.4 is 5.32 Å². The van der Waals surface area contributed by atoms with E-state index in [0.29, 0.717) is 6.10 Å². The third-order valence-electron chi connectivity index (χ3n) is 5.60. The molecule has 1 heterocycles. The number of rotatable bonds is 10. The van der Waals surface area contributed by atoms with E-state index >= 15 is 0 Å². The van der Waals surface area contributed by atoms with Gasteiger partial charge in [0.25, 0.3) is 0 Å². The molecule has 3 nitrogen and oxygen atoms in total. The molecule has 1 aliphatic rings. The molecule has 0 aliphatic carbocycles. The summed E-state index contributed by atoms with van der Waals surface area (Å²) in [6.07, 6.45) is 5.96. The minimum atomic E-state index is -1.63. The van der Waals surface area contributed by atoms with Crippen molar-refractivity contribution in [2.75, 3.05) is 6.61 Å². The van der Waals surface area contributed by atoms with Crippen LogP contribution in [0.25, 0.3) is 0 Å². The van der Waals surface area contributed by atoms with Crippen LogP contribution in [0, 0.1) is 0 Å². The molecule has 0 saturated carbocycles. The molecule has 0 aromatic heterocycles. The van der Waals surface area contributed by atoms with Crippen molar-refractivity contribution in [3.05, 3.63) is 35.9 Å². The fraction of sp³-hybridized carbons (Fsp3) is 0.750. The van der Waals surface area contributed by atoms with E-state index in [1.54, 1.807) is 0 Å². The van der Waals surface area contributed by atoms with Crippen molar-refractivity contribution in [3.8, 4) is 0 Å². The highest BCUT2D eigenvalue weighted by atomic mass is 28.4. The molecule has 1 aromatic carbocycles. The number of benzene rings is 1. The molecule has 0 amide bonds. The second kappa shape index (κ2) is 9.88. The Balaban J connectivity index is 1.89. The fourth-order valence-corrected chi connectivity index (χ4v) is 7.22. The molecule has 2 rings (SSSR count). The lowest BCUT2D eigenvalue weighted by atomic mass is 9.81. The van der Waals surface area contributed by atoms with Crippen molar-refractivity contribution in [1.82, 2.24) is 5.32 Å². The molecule has 1 aliphatic heterocycles. The van der Waals surface area contributed by atoms with E-state index < -0.39 is 8.32 Å². The third kappa shape index (κ3) is 7.98. The van der Waals surface area contributed by atoms with Crippen LogP contribution in [0.15, 0.2) is 30.3 Å². The number of hydrogen-bond acceptors (Lipinski definition) is 3. The van der Waals surface area contributed by atoms with E-state index in [-0.39, 0.29) is 17.2 Å². The lowest BCUT2D eigenvalue weighted by Gasteiger charge is -2.46. The van der Waals surface area contributed by atoms with E-state index in [1.165, 1.54) is 18.0 Å². The first-order chi connectivity index (χ1) is 13.0. The van der Waals surface area contributed by atoms with Crippen molar-refractivity contribution in [3.63, 3.8) is 0 Å². The molecule has 0 spiro atoms. The molecule has 4 heteroatoms. The highest BCUT2D eigenvalue weighted by Crippen LogP contribution is 2.32. The van der Waals surface area contributed by atoms with Crippen LogP contribution in [-0.4, -0.2) is 32.1 Å². The van der Waals surface area contributed by atoms with Gasteiger partial charge in [0.05, 0.1) is 12.2 Å². The molecule has 1 aromatic rings. The summed E-state index contributed by atoms with van der Waals surface area (Å²) in [7, 11) is -1.63. The van der Waals surface area contributed by atoms with Gasteiger partial charge < -0.3 is 14.5 Å². The van der Waals surface area contributed by atoms with Crippen LogP contribution >= 0.6 is 0 Å². The maximum absolute atomic E-state index is 6.70. The van der Waals surface area contributed by atoms with Gasteiger partial charge in [-0.1, -0.05) is 43.7 Å². The fourth-order valence-electron chi connectivity index (χ4n) is 4.87. The Bertz CT molecular complexity index is 570. The van der Waals surface area contributed by atoms with Gasteiger partial charge in [-0.3, -0.25) is 0 Å². The topological polar surface area (TPSA) is 30.5 Å². The van der Waals surface area contributed by atoms with Gasteiger partial charge >= 0.3 is 0 Å². The number of piperidine rings is 1. The Labute approximate surface area is 174 Å². The van der Waals surface area contributed by atoms with Crippen LogP contribution in [0.4, 0.5) is 0 Å². The van der Waals surface area contributed by atoms with Gasteiger partial charge in [-0.15, -0.1) is 0 Å². The van der Waals surface area contributed by atoms with Crippen molar-refractivity contribution < 1.29 is 9.16 Å². The summed E-state index contributed by atoms with van der Waals surface area (Å²) >= 11 is 0. The molecule has 1 unspecified atom stereocenters. The summed E-state index contributed by atoms with van der Waals surface area (Å²) in [5, 5.41) is 3.73. The summed E-state index contributed by atoms with van der Waals surface area (Å²) in [6, 6.07) is 12.0. The first kappa shape index (κ1) is 23.6. The summed E-state index contributed by atoms with van der Waals surface area (Å²) < 4.78 is 13.0. The summed E-state index contributed by atoms with van der Waals surface area (Å²) in [6.45, 7) is 16.9. The zero-order chi connectivity index (χ0) is 20.8. The van der Waals surface area contributed by atoms with Crippen LogP contribution in [0.2, 0.25) is 19.1 Å². The van der Waals surface area contributed by atoms with Crippen molar-refractivity contribution in [2.24, 2.45) is 0 Å². The lowest BCUT2D eigenvalue weighted by Crippen LogP contribution is -2.59. The van der Waals surface area contributed by atoms with Gasteiger partial charge in [-0.25, -0.2) is 0 Å². The molecule has 1 saturated heterocycles. The number of hydrogen-bond donors (Lipinski definition) is 1. The van der Waals surface area contributed by atoms with Gasteiger partial charge in [0.2, 0.25) is 0 Å². The normalized spacial score (nSPS) is 20.8. The number of nitrogens with one attached hydrogen (secondary N) is 1. The second-order valence-corrected chi connectivity index (χ2v) is 14.7. The predicted molar refractivity (Wildman–Crippen MR) is 122 cm³/mol. The van der Waals surface area contributed by atoms with Crippen LogP contribution in [0.1, 0.15) is 78.4 Å². The molecule has 0 radical (unpaired) electrons. The minimum Gasteiger partial charge on any atom is -0.410 e. The molecule has 160 valence electrons. The van der Waals surface area contributed by atoms with E-state index in [2.05, 4.69) is 83.4 Å².